The van der Waals surface area contributed by atoms with Crippen molar-refractivity contribution in [2.24, 2.45) is 0 Å². The SMILES string of the molecule is Cc1ccccc1.O=C(CO)CO. The number of Topliss-reactive ketones (excluding diaryl/α,β-unsaturated/α-hetero) is 1. The van der Waals surface area contributed by atoms with Crippen LogP contribution in [0.3, 0.4) is 0 Å². The first-order valence-electron chi connectivity index (χ1n) is 3.95. The van der Waals surface area contributed by atoms with Crippen LogP contribution in [0, 0.1) is 6.92 Å². The van der Waals surface area contributed by atoms with Crippen LogP contribution in [0.5, 0.6) is 0 Å². The predicted octanol–water partition coefficient (Wildman–Crippen LogP) is 0.535. The van der Waals surface area contributed by atoms with Crippen LogP contribution in [-0.2, 0) is 4.79 Å². The largest absolute Gasteiger partial charge is 0.388 e. The minimum atomic E-state index is -0.559. The third-order valence-electron chi connectivity index (χ3n) is 1.29. The van der Waals surface area contributed by atoms with Crippen molar-refractivity contribution in [2.45, 2.75) is 6.92 Å². The molecule has 3 heteroatoms. The lowest BCUT2D eigenvalue weighted by Crippen LogP contribution is -2.07. The second-order valence-electron chi connectivity index (χ2n) is 2.51. The third-order valence-corrected chi connectivity index (χ3v) is 1.29. The maximum atomic E-state index is 9.68. The Morgan fingerprint density at radius 3 is 1.77 bits per heavy atom. The van der Waals surface area contributed by atoms with E-state index in [4.69, 9.17) is 10.2 Å². The molecule has 1 rings (SSSR count). The summed E-state index contributed by atoms with van der Waals surface area (Å²) in [7, 11) is 0. The van der Waals surface area contributed by atoms with Gasteiger partial charge in [-0.3, -0.25) is 4.79 Å². The Labute approximate surface area is 77.6 Å². The highest BCUT2D eigenvalue weighted by Crippen LogP contribution is 1.92. The number of aliphatic hydroxyl groups excluding tert-OH is 2. The number of aliphatic hydroxyl groups is 2. The van der Waals surface area contributed by atoms with Crippen molar-refractivity contribution in [2.75, 3.05) is 13.2 Å². The Balaban J connectivity index is 0.000000226. The monoisotopic (exact) mass is 182 g/mol. The Hall–Kier alpha value is -1.19. The number of ketones is 1. The molecule has 0 radical (unpaired) electrons. The zero-order chi connectivity index (χ0) is 10.1. The molecule has 0 saturated carbocycles. The van der Waals surface area contributed by atoms with Gasteiger partial charge in [0, 0.05) is 0 Å². The van der Waals surface area contributed by atoms with Crippen molar-refractivity contribution >= 4 is 5.78 Å². The molecular weight excluding hydrogens is 168 g/mol. The summed E-state index contributed by atoms with van der Waals surface area (Å²) in [6.07, 6.45) is 0. The van der Waals surface area contributed by atoms with E-state index >= 15 is 0 Å². The molecule has 0 aliphatic heterocycles. The normalized spacial score (nSPS) is 8.54. The molecular formula is C10H14O3. The minimum Gasteiger partial charge on any atom is -0.388 e. The maximum absolute atomic E-state index is 9.68. The predicted molar refractivity (Wildman–Crippen MR) is 50.4 cm³/mol. The molecule has 0 spiro atoms. The van der Waals surface area contributed by atoms with Crippen LogP contribution in [-0.4, -0.2) is 29.2 Å². The second-order valence-corrected chi connectivity index (χ2v) is 2.51. The van der Waals surface area contributed by atoms with Gasteiger partial charge < -0.3 is 10.2 Å². The van der Waals surface area contributed by atoms with Gasteiger partial charge >= 0.3 is 0 Å². The molecule has 3 nitrogen and oxygen atoms in total. The number of aryl methyl sites for hydroxylation is 1. The fourth-order valence-electron chi connectivity index (χ4n) is 0.584. The summed E-state index contributed by atoms with van der Waals surface area (Å²) in [5, 5.41) is 15.7. The van der Waals surface area contributed by atoms with Crippen molar-refractivity contribution < 1.29 is 15.0 Å². The molecule has 0 atom stereocenters. The van der Waals surface area contributed by atoms with Crippen LogP contribution < -0.4 is 0 Å². The summed E-state index contributed by atoms with van der Waals surface area (Å²) < 4.78 is 0. The smallest absolute Gasteiger partial charge is 0.183 e. The zero-order valence-corrected chi connectivity index (χ0v) is 7.60. The third kappa shape index (κ3) is 7.18. The fraction of sp³-hybridized carbons (Fsp3) is 0.300. The minimum absolute atomic E-state index is 0.546. The fourth-order valence-corrected chi connectivity index (χ4v) is 0.584. The Kier molecular flexibility index (Phi) is 6.78. The molecule has 0 aliphatic rings. The Morgan fingerprint density at radius 1 is 1.15 bits per heavy atom. The van der Waals surface area contributed by atoms with Crippen LogP contribution in [0.15, 0.2) is 30.3 Å². The van der Waals surface area contributed by atoms with Crippen molar-refractivity contribution in [1.82, 2.24) is 0 Å². The lowest BCUT2D eigenvalue weighted by molar-refractivity contribution is -0.124. The summed E-state index contributed by atoms with van der Waals surface area (Å²) in [6, 6.07) is 10.3. The van der Waals surface area contributed by atoms with E-state index in [-0.39, 0.29) is 0 Å². The van der Waals surface area contributed by atoms with Crippen LogP contribution in [0.2, 0.25) is 0 Å². The van der Waals surface area contributed by atoms with Crippen LogP contribution in [0.1, 0.15) is 5.56 Å². The second kappa shape index (κ2) is 7.46. The lowest BCUT2D eigenvalue weighted by atomic mass is 10.2. The van der Waals surface area contributed by atoms with Gasteiger partial charge in [0.15, 0.2) is 5.78 Å². The number of rotatable bonds is 2. The van der Waals surface area contributed by atoms with Gasteiger partial charge in [-0.1, -0.05) is 35.9 Å². The Morgan fingerprint density at radius 2 is 1.62 bits per heavy atom. The standard InChI is InChI=1S/C7H8.C3H6O3/c1-7-5-3-2-4-6-7;4-1-3(6)2-5/h2-6H,1H3;4-5H,1-2H2. The first-order valence-corrected chi connectivity index (χ1v) is 3.95. The molecule has 13 heavy (non-hydrogen) atoms. The van der Waals surface area contributed by atoms with E-state index in [1.165, 1.54) is 5.56 Å². The molecule has 2 N–H and O–H groups in total. The van der Waals surface area contributed by atoms with Crippen LogP contribution in [0.25, 0.3) is 0 Å². The maximum Gasteiger partial charge on any atom is 0.183 e. The van der Waals surface area contributed by atoms with E-state index in [0.29, 0.717) is 0 Å². The molecule has 0 heterocycles. The molecule has 0 saturated heterocycles. The quantitative estimate of drug-likeness (QED) is 0.701. The van der Waals surface area contributed by atoms with Crippen molar-refractivity contribution in [1.29, 1.82) is 0 Å². The van der Waals surface area contributed by atoms with E-state index in [1.807, 2.05) is 18.2 Å². The molecule has 0 bridgehead atoms. The van der Waals surface area contributed by atoms with E-state index in [1.54, 1.807) is 0 Å². The number of carbonyl (C=O) groups is 1. The van der Waals surface area contributed by atoms with Gasteiger partial charge in [-0.2, -0.15) is 0 Å². The molecule has 0 unspecified atom stereocenters. The molecule has 0 aliphatic carbocycles. The topological polar surface area (TPSA) is 57.5 Å². The van der Waals surface area contributed by atoms with E-state index in [2.05, 4.69) is 19.1 Å². The number of benzene rings is 1. The van der Waals surface area contributed by atoms with Crippen molar-refractivity contribution in [3.63, 3.8) is 0 Å². The summed E-state index contributed by atoms with van der Waals surface area (Å²) in [6.45, 7) is 0.965. The summed E-state index contributed by atoms with van der Waals surface area (Å²) in [5.74, 6) is -0.546. The first-order chi connectivity index (χ1) is 6.20. The molecule has 0 fully saturated rings. The van der Waals surface area contributed by atoms with E-state index in [9.17, 15) is 4.79 Å². The van der Waals surface area contributed by atoms with Crippen molar-refractivity contribution in [3.05, 3.63) is 35.9 Å². The average molecular weight is 182 g/mol. The van der Waals surface area contributed by atoms with Gasteiger partial charge in [-0.25, -0.2) is 0 Å². The zero-order valence-electron chi connectivity index (χ0n) is 7.60. The van der Waals surface area contributed by atoms with Gasteiger partial charge in [0.1, 0.15) is 13.2 Å². The number of carbonyl (C=O) groups excluding carboxylic acids is 1. The van der Waals surface area contributed by atoms with E-state index in [0.717, 1.165) is 0 Å². The summed E-state index contributed by atoms with van der Waals surface area (Å²) in [5.41, 5.74) is 1.32. The van der Waals surface area contributed by atoms with Crippen molar-refractivity contribution in [3.8, 4) is 0 Å². The lowest BCUT2D eigenvalue weighted by Gasteiger charge is -1.82. The molecule has 1 aromatic carbocycles. The van der Waals surface area contributed by atoms with Gasteiger partial charge in [0.05, 0.1) is 0 Å². The molecule has 0 amide bonds. The molecule has 72 valence electrons. The highest BCUT2D eigenvalue weighted by atomic mass is 16.3. The highest BCUT2D eigenvalue weighted by molar-refractivity contribution is 5.80. The summed E-state index contributed by atoms with van der Waals surface area (Å²) >= 11 is 0. The van der Waals surface area contributed by atoms with Crippen LogP contribution >= 0.6 is 0 Å². The first kappa shape index (κ1) is 11.8. The highest BCUT2D eigenvalue weighted by Gasteiger charge is 1.89. The van der Waals surface area contributed by atoms with E-state index < -0.39 is 19.0 Å². The van der Waals surface area contributed by atoms with Gasteiger partial charge in [0.25, 0.3) is 0 Å². The molecule has 0 aromatic heterocycles. The van der Waals surface area contributed by atoms with Gasteiger partial charge in [0.2, 0.25) is 0 Å². The average Bonchev–Trinajstić information content (AvgIpc) is 2.19. The molecule has 1 aromatic rings. The summed E-state index contributed by atoms with van der Waals surface area (Å²) in [4.78, 5) is 9.68. The van der Waals surface area contributed by atoms with Gasteiger partial charge in [-0.15, -0.1) is 0 Å². The Bertz CT molecular complexity index is 225. The number of hydrogen-bond acceptors (Lipinski definition) is 3. The van der Waals surface area contributed by atoms with Gasteiger partial charge in [-0.05, 0) is 6.92 Å². The van der Waals surface area contributed by atoms with Crippen LogP contribution in [0.4, 0.5) is 0 Å². The number of hydrogen-bond donors (Lipinski definition) is 2.